The quantitative estimate of drug-likeness (QED) is 0.160. The molecule has 0 bridgehead atoms. The van der Waals surface area contributed by atoms with Crippen molar-refractivity contribution < 1.29 is 0 Å². The lowest BCUT2D eigenvalue weighted by Crippen LogP contribution is -2.01. The third-order valence-electron chi connectivity index (χ3n) is 12.4. The van der Waals surface area contributed by atoms with Gasteiger partial charge in [0.2, 0.25) is 0 Å². The number of hydrogen-bond acceptors (Lipinski definition) is 5. The highest BCUT2D eigenvalue weighted by molar-refractivity contribution is 7.22. The Hall–Kier alpha value is -8.52. The summed E-state index contributed by atoms with van der Waals surface area (Å²) >= 11 is 1.76. The monoisotopic (exact) mass is 848 g/mol. The van der Waals surface area contributed by atoms with Gasteiger partial charge in [0.15, 0.2) is 17.5 Å². The molecule has 0 atom stereocenters. The van der Waals surface area contributed by atoms with Gasteiger partial charge in [0.1, 0.15) is 5.01 Å². The second-order valence-corrected chi connectivity index (χ2v) is 17.2. The number of nitrogens with zero attached hydrogens (tertiary/aromatic N) is 6. The largest absolute Gasteiger partial charge is 0.309 e. The third-order valence-corrected chi connectivity index (χ3v) is 13.5. The number of rotatable bonds is 7. The first kappa shape index (κ1) is 37.1. The first-order valence-electron chi connectivity index (χ1n) is 21.7. The molecule has 0 unspecified atom stereocenters. The van der Waals surface area contributed by atoms with Crippen molar-refractivity contribution in [1.29, 1.82) is 0 Å². The van der Waals surface area contributed by atoms with Crippen LogP contribution in [-0.4, -0.2) is 29.1 Å². The molecule has 0 spiro atoms. The van der Waals surface area contributed by atoms with E-state index < -0.39 is 0 Å². The SMILES string of the molecule is c1ccc(-c2nc(-c3ccccc3)nc(-c3cccc(-n4c5ccccc5c5cccc(-c6ccc7c(c6)c6ccc8nc(-c9ccccc9)sc8c6n7-c6ccccc6)c54)c3)n2)cc1. The van der Waals surface area contributed by atoms with E-state index in [0.717, 1.165) is 71.8 Å². The van der Waals surface area contributed by atoms with Crippen LogP contribution in [0.15, 0.2) is 218 Å². The summed E-state index contributed by atoms with van der Waals surface area (Å²) in [5.74, 6) is 1.89. The van der Waals surface area contributed by atoms with Gasteiger partial charge in [-0.05, 0) is 60.2 Å². The summed E-state index contributed by atoms with van der Waals surface area (Å²) in [6.07, 6.45) is 0. The molecule has 0 saturated carbocycles. The van der Waals surface area contributed by atoms with Crippen molar-refractivity contribution in [3.8, 4) is 67.2 Å². The summed E-state index contributed by atoms with van der Waals surface area (Å²) in [5, 5.41) is 5.79. The Balaban J connectivity index is 1.02. The maximum atomic E-state index is 5.15. The van der Waals surface area contributed by atoms with E-state index in [1.54, 1.807) is 11.3 Å². The van der Waals surface area contributed by atoms with Crippen molar-refractivity contribution in [2.24, 2.45) is 0 Å². The molecule has 6 nitrogen and oxygen atoms in total. The molecule has 0 aliphatic carbocycles. The molecule has 0 fully saturated rings. The van der Waals surface area contributed by atoms with Crippen LogP contribution in [0, 0.1) is 0 Å². The zero-order valence-electron chi connectivity index (χ0n) is 34.9. The third kappa shape index (κ3) is 6.16. The van der Waals surface area contributed by atoms with Crippen LogP contribution < -0.4 is 0 Å². The first-order chi connectivity index (χ1) is 32.2. The summed E-state index contributed by atoms with van der Waals surface area (Å²) in [6, 6.07) is 76.8. The predicted octanol–water partition coefficient (Wildman–Crippen LogP) is 15.0. The molecule has 13 rings (SSSR count). The van der Waals surface area contributed by atoms with Crippen LogP contribution in [0.3, 0.4) is 0 Å². The molecule has 0 radical (unpaired) electrons. The van der Waals surface area contributed by atoms with E-state index in [1.165, 1.54) is 31.8 Å². The number of fused-ring (bicyclic) bond motifs is 8. The van der Waals surface area contributed by atoms with E-state index in [1.807, 2.05) is 60.7 Å². The zero-order valence-corrected chi connectivity index (χ0v) is 35.7. The van der Waals surface area contributed by atoms with Gasteiger partial charge < -0.3 is 9.13 Å². The maximum absolute atomic E-state index is 5.15. The van der Waals surface area contributed by atoms with Crippen molar-refractivity contribution >= 4 is 65.2 Å². The van der Waals surface area contributed by atoms with Crippen molar-refractivity contribution in [3.63, 3.8) is 0 Å². The molecule has 0 amide bonds. The number of thiazole rings is 1. The molecule has 7 heteroatoms. The molecule has 65 heavy (non-hydrogen) atoms. The lowest BCUT2D eigenvalue weighted by Gasteiger charge is -2.14. The summed E-state index contributed by atoms with van der Waals surface area (Å²) in [6.45, 7) is 0. The number of para-hydroxylation sites is 3. The molecule has 9 aromatic carbocycles. The maximum Gasteiger partial charge on any atom is 0.164 e. The lowest BCUT2D eigenvalue weighted by atomic mass is 9.99. The van der Waals surface area contributed by atoms with Gasteiger partial charge in [-0.25, -0.2) is 19.9 Å². The summed E-state index contributed by atoms with van der Waals surface area (Å²) in [5.41, 5.74) is 13.9. The van der Waals surface area contributed by atoms with E-state index in [0.29, 0.717) is 17.5 Å². The second kappa shape index (κ2) is 15.1. The van der Waals surface area contributed by atoms with Crippen LogP contribution in [0.1, 0.15) is 0 Å². The second-order valence-electron chi connectivity index (χ2n) is 16.2. The van der Waals surface area contributed by atoms with Crippen LogP contribution >= 0.6 is 11.3 Å². The Morgan fingerprint density at radius 1 is 0.323 bits per heavy atom. The van der Waals surface area contributed by atoms with Crippen molar-refractivity contribution in [3.05, 3.63) is 218 Å². The van der Waals surface area contributed by atoms with E-state index in [4.69, 9.17) is 19.9 Å². The van der Waals surface area contributed by atoms with Crippen LogP contribution in [-0.2, 0) is 0 Å². The average Bonchev–Trinajstić information content (AvgIpc) is 4.08. The van der Waals surface area contributed by atoms with Gasteiger partial charge in [0, 0.05) is 60.7 Å². The molecule has 13 aromatic rings. The van der Waals surface area contributed by atoms with Gasteiger partial charge in [0.25, 0.3) is 0 Å². The Labute approximate surface area is 378 Å². The van der Waals surface area contributed by atoms with E-state index >= 15 is 0 Å². The minimum absolute atomic E-state index is 0.617. The number of aromatic nitrogens is 6. The average molecular weight is 849 g/mol. The standard InChI is InChI=1S/C58H36N6S/c1-5-17-37(18-6-1)55-60-56(38-19-7-2-8-20-38)62-57(61-55)41-23-15-26-43(35-41)64-50-30-14-13-27-45(50)46-29-16-28-44(52(46)64)40-31-34-51-48(36-40)47-32-33-49-54(53(47)63(51)42-24-11-4-12-25-42)65-58(59-49)39-21-9-3-10-22-39/h1-36H. The van der Waals surface area contributed by atoms with Crippen LogP contribution in [0.2, 0.25) is 0 Å². The van der Waals surface area contributed by atoms with Crippen molar-refractivity contribution in [2.75, 3.05) is 0 Å². The van der Waals surface area contributed by atoms with Gasteiger partial charge in [-0.2, -0.15) is 0 Å². The normalized spacial score (nSPS) is 11.7. The van der Waals surface area contributed by atoms with Crippen molar-refractivity contribution in [2.45, 2.75) is 0 Å². The molecule has 0 N–H and O–H groups in total. The minimum atomic E-state index is 0.617. The highest BCUT2D eigenvalue weighted by Gasteiger charge is 2.22. The van der Waals surface area contributed by atoms with Gasteiger partial charge in [-0.3, -0.25) is 0 Å². The summed E-state index contributed by atoms with van der Waals surface area (Å²) in [7, 11) is 0. The van der Waals surface area contributed by atoms with Crippen LogP contribution in [0.25, 0.3) is 121 Å². The Morgan fingerprint density at radius 3 is 1.58 bits per heavy atom. The molecule has 0 aliphatic heterocycles. The summed E-state index contributed by atoms with van der Waals surface area (Å²) < 4.78 is 6.00. The molecule has 0 aliphatic rings. The fourth-order valence-corrected chi connectivity index (χ4v) is 10.6. The molecule has 4 heterocycles. The molecular weight excluding hydrogens is 813 g/mol. The topological polar surface area (TPSA) is 61.4 Å². The van der Waals surface area contributed by atoms with Crippen LogP contribution in [0.4, 0.5) is 0 Å². The fraction of sp³-hybridized carbons (Fsp3) is 0. The Kier molecular flexibility index (Phi) is 8.60. The van der Waals surface area contributed by atoms with Gasteiger partial charge >= 0.3 is 0 Å². The Bertz CT molecular complexity index is 3870. The first-order valence-corrected chi connectivity index (χ1v) is 22.5. The molecule has 4 aromatic heterocycles. The van der Waals surface area contributed by atoms with E-state index in [2.05, 4.69) is 167 Å². The predicted molar refractivity (Wildman–Crippen MR) is 269 cm³/mol. The molecule has 304 valence electrons. The Morgan fingerprint density at radius 2 is 0.862 bits per heavy atom. The van der Waals surface area contributed by atoms with Gasteiger partial charge in [-0.15, -0.1) is 11.3 Å². The molecular formula is C58H36N6S. The number of benzene rings is 9. The lowest BCUT2D eigenvalue weighted by molar-refractivity contribution is 1.07. The highest BCUT2D eigenvalue weighted by atomic mass is 32.1. The highest BCUT2D eigenvalue weighted by Crippen LogP contribution is 2.44. The van der Waals surface area contributed by atoms with E-state index in [9.17, 15) is 0 Å². The smallest absolute Gasteiger partial charge is 0.164 e. The van der Waals surface area contributed by atoms with Crippen LogP contribution in [0.5, 0.6) is 0 Å². The fourth-order valence-electron chi connectivity index (χ4n) is 9.44. The van der Waals surface area contributed by atoms with E-state index in [-0.39, 0.29) is 0 Å². The van der Waals surface area contributed by atoms with Gasteiger partial charge in [-0.1, -0.05) is 164 Å². The zero-order chi connectivity index (χ0) is 42.8. The minimum Gasteiger partial charge on any atom is -0.309 e. The van der Waals surface area contributed by atoms with Gasteiger partial charge in [0.05, 0.1) is 32.3 Å². The number of hydrogen-bond donors (Lipinski definition) is 0. The molecule has 0 saturated heterocycles. The summed E-state index contributed by atoms with van der Waals surface area (Å²) in [4.78, 5) is 20.3. The van der Waals surface area contributed by atoms with Crippen molar-refractivity contribution in [1.82, 2.24) is 29.1 Å².